The number of nitrogens with one attached hydrogen (secondary N) is 1. The summed E-state index contributed by atoms with van der Waals surface area (Å²) in [6.07, 6.45) is 0.230. The fourth-order valence-corrected chi connectivity index (χ4v) is 2.23. The summed E-state index contributed by atoms with van der Waals surface area (Å²) in [4.78, 5) is 27.0. The first-order chi connectivity index (χ1) is 7.40. The molecule has 1 aromatic rings. The van der Waals surface area contributed by atoms with Gasteiger partial charge in [-0.25, -0.2) is 9.78 Å². The molecule has 1 rings (SSSR count). The number of carbonyl (C=O) groups excluding carboxylic acids is 1. The lowest BCUT2D eigenvalue weighted by Gasteiger charge is -2.10. The van der Waals surface area contributed by atoms with Gasteiger partial charge in [-0.3, -0.25) is 4.79 Å². The lowest BCUT2D eigenvalue weighted by molar-refractivity contribution is -0.141. The number of carbonyl (C=O) groups is 2. The molecule has 1 aromatic heterocycles. The molecule has 1 unspecified atom stereocenters. The van der Waals surface area contributed by atoms with E-state index in [1.807, 2.05) is 13.8 Å². The number of hydrogen-bond acceptors (Lipinski definition) is 4. The van der Waals surface area contributed by atoms with Crippen molar-refractivity contribution in [1.82, 2.24) is 10.3 Å². The van der Waals surface area contributed by atoms with Gasteiger partial charge in [-0.2, -0.15) is 0 Å². The maximum Gasteiger partial charge on any atom is 0.326 e. The summed E-state index contributed by atoms with van der Waals surface area (Å²) >= 11 is 1.46. The van der Waals surface area contributed by atoms with Crippen LogP contribution < -0.4 is 5.32 Å². The van der Waals surface area contributed by atoms with E-state index in [1.165, 1.54) is 18.3 Å². The molecule has 88 valence electrons. The number of aryl methyl sites for hydroxylation is 2. The summed E-state index contributed by atoms with van der Waals surface area (Å²) < 4.78 is 0. The van der Waals surface area contributed by atoms with Gasteiger partial charge in [-0.15, -0.1) is 11.3 Å². The lowest BCUT2D eigenvalue weighted by atomic mass is 10.2. The van der Waals surface area contributed by atoms with Crippen molar-refractivity contribution in [2.75, 3.05) is 0 Å². The molecule has 2 N–H and O–H groups in total. The predicted molar refractivity (Wildman–Crippen MR) is 60.5 cm³/mol. The maximum absolute atomic E-state index is 10.9. The third-order valence-corrected chi connectivity index (χ3v) is 3.22. The molecule has 0 fully saturated rings. The molecule has 0 aliphatic carbocycles. The number of aromatic nitrogens is 1. The second-order valence-corrected chi connectivity index (χ2v) is 4.83. The Kier molecular flexibility index (Phi) is 4.00. The van der Waals surface area contributed by atoms with E-state index >= 15 is 0 Å². The molecule has 0 spiro atoms. The average Bonchev–Trinajstić information content (AvgIpc) is 2.44. The minimum absolute atomic E-state index is 0.230. The smallest absolute Gasteiger partial charge is 0.326 e. The summed E-state index contributed by atoms with van der Waals surface area (Å²) in [5, 5.41) is 12.0. The Morgan fingerprint density at radius 2 is 2.12 bits per heavy atom. The summed E-state index contributed by atoms with van der Waals surface area (Å²) in [6.45, 7) is 5.11. The molecule has 6 heteroatoms. The Balaban J connectivity index is 2.75. The van der Waals surface area contributed by atoms with E-state index in [2.05, 4.69) is 10.3 Å². The van der Waals surface area contributed by atoms with Crippen LogP contribution in [0.4, 0.5) is 0 Å². The van der Waals surface area contributed by atoms with E-state index in [-0.39, 0.29) is 12.3 Å². The largest absolute Gasteiger partial charge is 0.480 e. The topological polar surface area (TPSA) is 79.3 Å². The number of aliphatic carboxylic acids is 1. The summed E-state index contributed by atoms with van der Waals surface area (Å²) in [6, 6.07) is -0.901. The zero-order valence-electron chi connectivity index (χ0n) is 9.40. The number of hydrogen-bond donors (Lipinski definition) is 2. The molecule has 0 bridgehead atoms. The van der Waals surface area contributed by atoms with Crippen molar-refractivity contribution < 1.29 is 14.7 Å². The SMILES string of the molecule is CC(=O)NC(Cc1nc(C)c(C)s1)C(=O)O. The fraction of sp³-hybridized carbons (Fsp3) is 0.500. The van der Waals surface area contributed by atoms with Crippen molar-refractivity contribution >= 4 is 23.2 Å². The van der Waals surface area contributed by atoms with E-state index < -0.39 is 12.0 Å². The molecule has 0 aliphatic rings. The molecule has 5 nitrogen and oxygen atoms in total. The first kappa shape index (κ1) is 12.6. The molecular weight excluding hydrogens is 228 g/mol. The molecule has 0 aromatic carbocycles. The molecule has 1 heterocycles. The van der Waals surface area contributed by atoms with Crippen LogP contribution in [0.1, 0.15) is 22.5 Å². The molecule has 1 amide bonds. The molecule has 0 saturated carbocycles. The van der Waals surface area contributed by atoms with E-state index in [0.29, 0.717) is 0 Å². The number of amides is 1. The second-order valence-electron chi connectivity index (χ2n) is 3.54. The van der Waals surface area contributed by atoms with Crippen molar-refractivity contribution in [3.63, 3.8) is 0 Å². The van der Waals surface area contributed by atoms with Crippen LogP contribution in [-0.4, -0.2) is 28.0 Å². The normalized spacial score (nSPS) is 12.2. The third kappa shape index (κ3) is 3.30. The van der Waals surface area contributed by atoms with Crippen molar-refractivity contribution in [3.05, 3.63) is 15.6 Å². The van der Waals surface area contributed by atoms with Gasteiger partial charge in [0.2, 0.25) is 5.91 Å². The van der Waals surface area contributed by atoms with Crippen molar-refractivity contribution in [2.45, 2.75) is 33.2 Å². The maximum atomic E-state index is 10.9. The highest BCUT2D eigenvalue weighted by Gasteiger charge is 2.20. The van der Waals surface area contributed by atoms with Gasteiger partial charge in [0.25, 0.3) is 0 Å². The zero-order valence-corrected chi connectivity index (χ0v) is 10.2. The number of carboxylic acids is 1. The summed E-state index contributed by atoms with van der Waals surface area (Å²) in [5.74, 6) is -1.39. The number of rotatable bonds is 4. The van der Waals surface area contributed by atoms with Gasteiger partial charge in [0.1, 0.15) is 6.04 Å². The van der Waals surface area contributed by atoms with Crippen LogP contribution in [-0.2, 0) is 16.0 Å². The Bertz CT molecular complexity index is 395. The van der Waals surface area contributed by atoms with Crippen molar-refractivity contribution in [2.24, 2.45) is 0 Å². The molecule has 0 radical (unpaired) electrons. The van der Waals surface area contributed by atoms with Crippen LogP contribution >= 0.6 is 11.3 Å². The minimum Gasteiger partial charge on any atom is -0.480 e. The van der Waals surface area contributed by atoms with Crippen LogP contribution in [0.3, 0.4) is 0 Å². The van der Waals surface area contributed by atoms with E-state index in [0.717, 1.165) is 15.6 Å². The quantitative estimate of drug-likeness (QED) is 0.822. The minimum atomic E-state index is -1.04. The number of nitrogens with zero attached hydrogens (tertiary/aromatic N) is 1. The van der Waals surface area contributed by atoms with E-state index in [1.54, 1.807) is 0 Å². The van der Waals surface area contributed by atoms with Crippen molar-refractivity contribution in [1.29, 1.82) is 0 Å². The van der Waals surface area contributed by atoms with Gasteiger partial charge in [-0.1, -0.05) is 0 Å². The van der Waals surface area contributed by atoms with Crippen LogP contribution in [0.15, 0.2) is 0 Å². The second kappa shape index (κ2) is 5.07. The zero-order chi connectivity index (χ0) is 12.3. The predicted octanol–water partition coefficient (Wildman–Crippen LogP) is 0.892. The van der Waals surface area contributed by atoms with Gasteiger partial charge in [0, 0.05) is 18.2 Å². The molecule has 0 saturated heterocycles. The van der Waals surface area contributed by atoms with Crippen molar-refractivity contribution in [3.8, 4) is 0 Å². The van der Waals surface area contributed by atoms with Gasteiger partial charge in [0.05, 0.1) is 10.7 Å². The van der Waals surface area contributed by atoms with Gasteiger partial charge in [-0.05, 0) is 13.8 Å². The fourth-order valence-electron chi connectivity index (χ4n) is 1.25. The molecule has 16 heavy (non-hydrogen) atoms. The average molecular weight is 242 g/mol. The van der Waals surface area contributed by atoms with Gasteiger partial charge >= 0.3 is 5.97 Å². The first-order valence-electron chi connectivity index (χ1n) is 4.83. The standard InChI is InChI=1S/C10H14N2O3S/c1-5-6(2)16-9(11-5)4-8(10(14)15)12-7(3)13/h8H,4H2,1-3H3,(H,12,13)(H,14,15). The number of thiazole rings is 1. The Hall–Kier alpha value is -1.43. The van der Waals surface area contributed by atoms with Crippen LogP contribution in [0.25, 0.3) is 0 Å². The molecular formula is C10H14N2O3S. The lowest BCUT2D eigenvalue weighted by Crippen LogP contribution is -2.41. The number of carboxylic acid groups (broad SMARTS) is 1. The Labute approximate surface area is 97.5 Å². The highest BCUT2D eigenvalue weighted by Crippen LogP contribution is 2.17. The molecule has 1 atom stereocenters. The van der Waals surface area contributed by atoms with E-state index in [9.17, 15) is 9.59 Å². The Morgan fingerprint density at radius 1 is 1.50 bits per heavy atom. The monoisotopic (exact) mass is 242 g/mol. The highest BCUT2D eigenvalue weighted by atomic mass is 32.1. The van der Waals surface area contributed by atoms with E-state index in [4.69, 9.17) is 5.11 Å². The first-order valence-corrected chi connectivity index (χ1v) is 5.64. The van der Waals surface area contributed by atoms with Gasteiger partial charge in [0.15, 0.2) is 0 Å². The van der Waals surface area contributed by atoms with Gasteiger partial charge < -0.3 is 10.4 Å². The highest BCUT2D eigenvalue weighted by molar-refractivity contribution is 7.11. The summed E-state index contributed by atoms with van der Waals surface area (Å²) in [7, 11) is 0. The summed E-state index contributed by atoms with van der Waals surface area (Å²) in [5.41, 5.74) is 0.909. The molecule has 0 aliphatic heterocycles. The van der Waals surface area contributed by atoms with Crippen LogP contribution in [0.2, 0.25) is 0 Å². The van der Waals surface area contributed by atoms with Crippen LogP contribution in [0, 0.1) is 13.8 Å². The van der Waals surface area contributed by atoms with Crippen LogP contribution in [0.5, 0.6) is 0 Å². The third-order valence-electron chi connectivity index (χ3n) is 2.13. The Morgan fingerprint density at radius 3 is 2.50 bits per heavy atom.